The van der Waals surface area contributed by atoms with Crippen molar-refractivity contribution >= 4 is 23.0 Å². The predicted molar refractivity (Wildman–Crippen MR) is 148 cm³/mol. The average Bonchev–Trinajstić information content (AvgIpc) is 2.79. The maximum absolute atomic E-state index is 6.28. The van der Waals surface area contributed by atoms with Crippen molar-refractivity contribution in [3.63, 3.8) is 0 Å². The number of hydrogen-bond acceptors (Lipinski definition) is 2. The molecule has 33 heavy (non-hydrogen) atoms. The van der Waals surface area contributed by atoms with Crippen molar-refractivity contribution in [2.45, 2.75) is 91.9 Å². The Labute approximate surface area is 207 Å². The van der Waals surface area contributed by atoms with E-state index in [1.54, 1.807) is 0 Å². The fraction of sp³-hybridized carbons (Fsp3) is 0.552. The standard InChI is InChI=1S/C29H44N2OS/c1-9-28(5,6)23-16-17-26(24(20-23)29(7,8)10-2)32-19-12-11-18-30-27(33)31-25-15-13-14-21(3)22(25)4/h13-17,20H,9-12,18-19H2,1-8H3,(H2,30,31,33). The maximum atomic E-state index is 6.28. The van der Waals surface area contributed by atoms with Gasteiger partial charge in [-0.1, -0.05) is 65.8 Å². The van der Waals surface area contributed by atoms with Gasteiger partial charge in [0.2, 0.25) is 0 Å². The van der Waals surface area contributed by atoms with Gasteiger partial charge in [0.1, 0.15) is 5.75 Å². The zero-order valence-corrected chi connectivity index (χ0v) is 22.8. The fourth-order valence-electron chi connectivity index (χ4n) is 3.66. The molecule has 2 N–H and O–H groups in total. The van der Waals surface area contributed by atoms with Crippen molar-refractivity contribution in [2.75, 3.05) is 18.5 Å². The molecule has 0 amide bonds. The van der Waals surface area contributed by atoms with E-state index < -0.39 is 0 Å². The number of anilines is 1. The first kappa shape index (κ1) is 27.2. The van der Waals surface area contributed by atoms with Crippen LogP contribution < -0.4 is 15.4 Å². The number of thiocarbonyl (C=S) groups is 1. The smallest absolute Gasteiger partial charge is 0.170 e. The van der Waals surface area contributed by atoms with Gasteiger partial charge in [-0.25, -0.2) is 0 Å². The van der Waals surface area contributed by atoms with Crippen LogP contribution in [0, 0.1) is 13.8 Å². The largest absolute Gasteiger partial charge is 0.493 e. The summed E-state index contributed by atoms with van der Waals surface area (Å²) >= 11 is 5.46. The molecule has 0 heterocycles. The Morgan fingerprint density at radius 3 is 2.30 bits per heavy atom. The molecule has 0 fully saturated rings. The Morgan fingerprint density at radius 1 is 0.939 bits per heavy atom. The quantitative estimate of drug-likeness (QED) is 0.260. The zero-order valence-electron chi connectivity index (χ0n) is 22.0. The maximum Gasteiger partial charge on any atom is 0.170 e. The Morgan fingerprint density at radius 2 is 1.64 bits per heavy atom. The van der Waals surface area contributed by atoms with Crippen molar-refractivity contribution in [3.8, 4) is 5.75 Å². The van der Waals surface area contributed by atoms with E-state index in [4.69, 9.17) is 17.0 Å². The summed E-state index contributed by atoms with van der Waals surface area (Å²) in [5.41, 5.74) is 6.53. The van der Waals surface area contributed by atoms with E-state index in [0.29, 0.717) is 11.7 Å². The van der Waals surface area contributed by atoms with Gasteiger partial charge in [0.05, 0.1) is 6.61 Å². The molecule has 0 aliphatic rings. The second-order valence-electron chi connectivity index (χ2n) is 10.4. The van der Waals surface area contributed by atoms with Crippen LogP contribution in [0.3, 0.4) is 0 Å². The van der Waals surface area contributed by atoms with Crippen LogP contribution in [-0.2, 0) is 10.8 Å². The number of ether oxygens (including phenoxy) is 1. The molecule has 0 saturated heterocycles. The third-order valence-electron chi connectivity index (χ3n) is 7.22. The number of benzene rings is 2. The van der Waals surface area contributed by atoms with Gasteiger partial charge in [-0.2, -0.15) is 0 Å². The molecule has 0 atom stereocenters. The SMILES string of the molecule is CCC(C)(C)c1ccc(OCCCCNC(=S)Nc2cccc(C)c2C)c(C(C)(C)CC)c1. The summed E-state index contributed by atoms with van der Waals surface area (Å²) in [5, 5.41) is 7.30. The van der Waals surface area contributed by atoms with Crippen molar-refractivity contribution < 1.29 is 4.74 Å². The number of unbranched alkanes of at least 4 members (excludes halogenated alkanes) is 1. The summed E-state index contributed by atoms with van der Waals surface area (Å²) in [4.78, 5) is 0. The topological polar surface area (TPSA) is 33.3 Å². The lowest BCUT2D eigenvalue weighted by molar-refractivity contribution is 0.296. The lowest BCUT2D eigenvalue weighted by Crippen LogP contribution is -2.29. The van der Waals surface area contributed by atoms with Crippen molar-refractivity contribution in [3.05, 3.63) is 58.7 Å². The Balaban J connectivity index is 1.87. The van der Waals surface area contributed by atoms with Gasteiger partial charge >= 0.3 is 0 Å². The van der Waals surface area contributed by atoms with E-state index in [2.05, 4.69) is 102 Å². The van der Waals surface area contributed by atoms with E-state index in [1.165, 1.54) is 22.3 Å². The summed E-state index contributed by atoms with van der Waals surface area (Å²) in [6, 6.07) is 13.0. The van der Waals surface area contributed by atoms with Crippen molar-refractivity contribution in [1.29, 1.82) is 0 Å². The van der Waals surface area contributed by atoms with Gasteiger partial charge in [-0.15, -0.1) is 0 Å². The van der Waals surface area contributed by atoms with Crippen LogP contribution in [0.1, 0.15) is 89.5 Å². The predicted octanol–water partition coefficient (Wildman–Crippen LogP) is 7.82. The van der Waals surface area contributed by atoms with Gasteiger partial charge in [0, 0.05) is 17.8 Å². The lowest BCUT2D eigenvalue weighted by Gasteiger charge is -2.30. The van der Waals surface area contributed by atoms with Crippen LogP contribution in [0.25, 0.3) is 0 Å². The highest BCUT2D eigenvalue weighted by atomic mass is 32.1. The molecule has 0 bridgehead atoms. The van der Waals surface area contributed by atoms with Gasteiger partial charge in [-0.05, 0) is 91.4 Å². The number of nitrogens with one attached hydrogen (secondary N) is 2. The molecular weight excluding hydrogens is 424 g/mol. The molecule has 2 aromatic carbocycles. The lowest BCUT2D eigenvalue weighted by atomic mass is 9.76. The van der Waals surface area contributed by atoms with E-state index in [0.717, 1.165) is 43.7 Å². The minimum absolute atomic E-state index is 0.0858. The highest BCUT2D eigenvalue weighted by molar-refractivity contribution is 7.80. The first-order chi connectivity index (χ1) is 15.5. The molecule has 0 spiro atoms. The monoisotopic (exact) mass is 468 g/mol. The van der Waals surface area contributed by atoms with Crippen molar-refractivity contribution in [2.24, 2.45) is 0 Å². The van der Waals surface area contributed by atoms with Crippen LogP contribution >= 0.6 is 12.2 Å². The zero-order chi connectivity index (χ0) is 24.6. The van der Waals surface area contributed by atoms with E-state index >= 15 is 0 Å². The van der Waals surface area contributed by atoms with E-state index in [1.807, 2.05) is 0 Å². The third-order valence-corrected chi connectivity index (χ3v) is 7.47. The highest BCUT2D eigenvalue weighted by Gasteiger charge is 2.26. The summed E-state index contributed by atoms with van der Waals surface area (Å²) in [6.45, 7) is 19.5. The molecule has 2 aromatic rings. The van der Waals surface area contributed by atoms with Gasteiger partial charge in [0.25, 0.3) is 0 Å². The van der Waals surface area contributed by atoms with E-state index in [-0.39, 0.29) is 10.8 Å². The second kappa shape index (κ2) is 11.9. The molecule has 182 valence electrons. The molecule has 0 radical (unpaired) electrons. The summed E-state index contributed by atoms with van der Waals surface area (Å²) in [6.07, 6.45) is 4.18. The highest BCUT2D eigenvalue weighted by Crippen LogP contribution is 2.38. The molecule has 4 heteroatoms. The Kier molecular flexibility index (Phi) is 9.78. The number of aryl methyl sites for hydroxylation is 1. The molecule has 0 aromatic heterocycles. The molecule has 0 aliphatic heterocycles. The third kappa shape index (κ3) is 7.46. The fourth-order valence-corrected chi connectivity index (χ4v) is 3.88. The first-order valence-electron chi connectivity index (χ1n) is 12.4. The molecule has 3 nitrogen and oxygen atoms in total. The summed E-state index contributed by atoms with van der Waals surface area (Å²) < 4.78 is 6.28. The normalized spacial score (nSPS) is 11.9. The van der Waals surface area contributed by atoms with Gasteiger partial charge < -0.3 is 15.4 Å². The summed E-state index contributed by atoms with van der Waals surface area (Å²) in [7, 11) is 0. The first-order valence-corrected chi connectivity index (χ1v) is 12.8. The molecule has 0 saturated carbocycles. The molecular formula is C29H44N2OS. The minimum atomic E-state index is 0.0858. The minimum Gasteiger partial charge on any atom is -0.493 e. The van der Waals surface area contributed by atoms with Crippen LogP contribution in [0.15, 0.2) is 36.4 Å². The van der Waals surface area contributed by atoms with Crippen LogP contribution in [0.5, 0.6) is 5.75 Å². The average molecular weight is 469 g/mol. The molecule has 2 rings (SSSR count). The number of hydrogen-bond donors (Lipinski definition) is 2. The number of rotatable bonds is 11. The Hall–Kier alpha value is -2.07. The second-order valence-corrected chi connectivity index (χ2v) is 10.8. The van der Waals surface area contributed by atoms with Crippen molar-refractivity contribution in [1.82, 2.24) is 5.32 Å². The van der Waals surface area contributed by atoms with Gasteiger partial charge in [-0.3, -0.25) is 0 Å². The summed E-state index contributed by atoms with van der Waals surface area (Å²) in [5.74, 6) is 1.03. The molecule has 0 unspecified atom stereocenters. The Bertz CT molecular complexity index is 933. The molecule has 0 aliphatic carbocycles. The van der Waals surface area contributed by atoms with Crippen LogP contribution in [0.2, 0.25) is 0 Å². The van der Waals surface area contributed by atoms with Crippen LogP contribution in [0.4, 0.5) is 5.69 Å². The van der Waals surface area contributed by atoms with Gasteiger partial charge in [0.15, 0.2) is 5.11 Å². The van der Waals surface area contributed by atoms with Crippen LogP contribution in [-0.4, -0.2) is 18.3 Å². The van der Waals surface area contributed by atoms with E-state index in [9.17, 15) is 0 Å².